The van der Waals surface area contributed by atoms with E-state index in [9.17, 15) is 9.59 Å². The number of alkyl halides is 1. The molecule has 0 spiro atoms. The molecule has 1 heterocycles. The van der Waals surface area contributed by atoms with Gasteiger partial charge in [-0.15, -0.1) is 0 Å². The molecule has 0 bridgehead atoms. The third-order valence-corrected chi connectivity index (χ3v) is 3.23. The van der Waals surface area contributed by atoms with Gasteiger partial charge in [0, 0.05) is 5.56 Å². The Morgan fingerprint density at radius 3 is 3.00 bits per heavy atom. The summed E-state index contributed by atoms with van der Waals surface area (Å²) in [6.07, 6.45) is 0. The number of benzene rings is 1. The third kappa shape index (κ3) is 1.53. The number of hydrogen-bond donors (Lipinski definition) is 1. The van der Waals surface area contributed by atoms with Crippen LogP contribution < -0.4 is 4.87 Å². The van der Waals surface area contributed by atoms with Gasteiger partial charge < -0.3 is 4.98 Å². The van der Waals surface area contributed by atoms with Crippen molar-refractivity contribution in [1.29, 1.82) is 0 Å². The average Bonchev–Trinajstić information content (AvgIpc) is 2.56. The molecule has 0 saturated carbocycles. The third-order valence-electron chi connectivity index (χ3n) is 1.88. The number of carbonyl (C=O) groups is 1. The second-order valence-electron chi connectivity index (χ2n) is 2.75. The van der Waals surface area contributed by atoms with E-state index in [0.717, 1.165) is 16.0 Å². The van der Waals surface area contributed by atoms with Crippen molar-refractivity contribution in [2.45, 2.75) is 0 Å². The van der Waals surface area contributed by atoms with Crippen molar-refractivity contribution in [1.82, 2.24) is 4.98 Å². The summed E-state index contributed by atoms with van der Waals surface area (Å²) in [6, 6.07) is 5.32. The van der Waals surface area contributed by atoms with E-state index in [1.807, 2.05) is 6.07 Å². The number of hydrogen-bond acceptors (Lipinski definition) is 3. The molecule has 0 radical (unpaired) electrons. The molecule has 0 aliphatic rings. The molecule has 0 amide bonds. The molecule has 0 aliphatic heterocycles. The Labute approximate surface area is 91.9 Å². The molecule has 2 aromatic rings. The van der Waals surface area contributed by atoms with Crippen molar-refractivity contribution in [3.63, 3.8) is 0 Å². The van der Waals surface area contributed by atoms with E-state index >= 15 is 0 Å². The first-order valence-electron chi connectivity index (χ1n) is 3.93. The zero-order chi connectivity index (χ0) is 10.1. The van der Waals surface area contributed by atoms with E-state index in [0.29, 0.717) is 11.1 Å². The van der Waals surface area contributed by atoms with E-state index < -0.39 is 0 Å². The molecule has 0 unspecified atom stereocenters. The van der Waals surface area contributed by atoms with Crippen LogP contribution in [0.15, 0.2) is 23.0 Å². The summed E-state index contributed by atoms with van der Waals surface area (Å²) < 4.78 is 0.821. The van der Waals surface area contributed by atoms with Crippen LogP contribution in [0, 0.1) is 0 Å². The van der Waals surface area contributed by atoms with E-state index in [4.69, 9.17) is 0 Å². The van der Waals surface area contributed by atoms with E-state index in [2.05, 4.69) is 20.9 Å². The number of aromatic nitrogens is 1. The highest BCUT2D eigenvalue weighted by Gasteiger charge is 2.10. The summed E-state index contributed by atoms with van der Waals surface area (Å²) in [4.78, 5) is 25.1. The molecule has 1 aromatic heterocycles. The van der Waals surface area contributed by atoms with Crippen molar-refractivity contribution >= 4 is 43.3 Å². The Balaban J connectivity index is 2.76. The normalized spacial score (nSPS) is 10.6. The van der Waals surface area contributed by atoms with E-state index in [-0.39, 0.29) is 16.0 Å². The lowest BCUT2D eigenvalue weighted by Gasteiger charge is -1.97. The largest absolute Gasteiger partial charge is 0.312 e. The number of para-hydroxylation sites is 1. The highest BCUT2D eigenvalue weighted by molar-refractivity contribution is 9.09. The molecule has 2 rings (SSSR count). The van der Waals surface area contributed by atoms with Crippen LogP contribution in [0.4, 0.5) is 0 Å². The van der Waals surface area contributed by atoms with Gasteiger partial charge in [-0.2, -0.15) is 0 Å². The smallest absolute Gasteiger partial charge is 0.305 e. The van der Waals surface area contributed by atoms with Gasteiger partial charge in [-0.1, -0.05) is 33.3 Å². The Morgan fingerprint density at radius 1 is 1.50 bits per heavy atom. The summed E-state index contributed by atoms with van der Waals surface area (Å²) in [5.74, 6) is -0.0235. The minimum Gasteiger partial charge on any atom is -0.312 e. The van der Waals surface area contributed by atoms with E-state index in [1.165, 1.54) is 0 Å². The van der Waals surface area contributed by atoms with Crippen LogP contribution in [0.5, 0.6) is 0 Å². The lowest BCUT2D eigenvalue weighted by molar-refractivity contribution is 0.102. The number of aromatic amines is 1. The predicted octanol–water partition coefficient (Wildman–Crippen LogP) is 2.17. The van der Waals surface area contributed by atoms with E-state index in [1.54, 1.807) is 12.1 Å². The molecule has 0 atom stereocenters. The fourth-order valence-electron chi connectivity index (χ4n) is 1.28. The lowest BCUT2D eigenvalue weighted by Crippen LogP contribution is -2.01. The Bertz CT molecular complexity index is 543. The van der Waals surface area contributed by atoms with Crippen LogP contribution in [0.3, 0.4) is 0 Å². The van der Waals surface area contributed by atoms with Crippen molar-refractivity contribution in [2.75, 3.05) is 5.33 Å². The summed E-state index contributed by atoms with van der Waals surface area (Å²) in [6.45, 7) is 0. The highest BCUT2D eigenvalue weighted by Crippen LogP contribution is 2.19. The lowest BCUT2D eigenvalue weighted by atomic mass is 10.1. The standard InChI is InChI=1S/C9H6BrNO2S/c10-4-6(12)5-2-1-3-7-8(5)11-9(13)14-7/h1-3H,4H2,(H,11,13). The summed E-state index contributed by atoms with van der Waals surface area (Å²) in [7, 11) is 0. The van der Waals surface area contributed by atoms with Crippen molar-refractivity contribution in [3.05, 3.63) is 33.4 Å². The maximum atomic E-state index is 11.5. The van der Waals surface area contributed by atoms with Crippen LogP contribution in [-0.2, 0) is 0 Å². The number of carbonyl (C=O) groups excluding carboxylic acids is 1. The molecular weight excluding hydrogens is 266 g/mol. The quantitative estimate of drug-likeness (QED) is 0.672. The molecule has 0 saturated heterocycles. The first kappa shape index (κ1) is 9.61. The first-order valence-corrected chi connectivity index (χ1v) is 5.87. The van der Waals surface area contributed by atoms with Crippen LogP contribution >= 0.6 is 27.3 Å². The van der Waals surface area contributed by atoms with Gasteiger partial charge in [-0.25, -0.2) is 0 Å². The van der Waals surface area contributed by atoms with Crippen molar-refractivity contribution in [3.8, 4) is 0 Å². The molecule has 5 heteroatoms. The molecule has 3 nitrogen and oxygen atoms in total. The van der Waals surface area contributed by atoms with Gasteiger partial charge in [0.15, 0.2) is 5.78 Å². The second-order valence-corrected chi connectivity index (χ2v) is 4.33. The van der Waals surface area contributed by atoms with Gasteiger partial charge in [-0.3, -0.25) is 9.59 Å². The van der Waals surface area contributed by atoms with Crippen LogP contribution in [0.2, 0.25) is 0 Å². The Morgan fingerprint density at radius 2 is 2.29 bits per heavy atom. The number of Topliss-reactive ketones (excluding diaryl/α,β-unsaturated/α-hetero) is 1. The number of ketones is 1. The van der Waals surface area contributed by atoms with Crippen LogP contribution in [-0.4, -0.2) is 16.1 Å². The number of nitrogens with one attached hydrogen (secondary N) is 1. The number of thiazole rings is 1. The molecule has 72 valence electrons. The zero-order valence-corrected chi connectivity index (χ0v) is 9.44. The minimum atomic E-state index is -0.130. The Kier molecular flexibility index (Phi) is 2.52. The summed E-state index contributed by atoms with van der Waals surface area (Å²) in [5, 5.41) is 0.268. The highest BCUT2D eigenvalue weighted by atomic mass is 79.9. The summed E-state index contributed by atoms with van der Waals surface area (Å²) >= 11 is 4.22. The molecule has 1 aromatic carbocycles. The van der Waals surface area contributed by atoms with Gasteiger partial charge in [0.05, 0.1) is 15.5 Å². The van der Waals surface area contributed by atoms with Crippen LogP contribution in [0.25, 0.3) is 10.2 Å². The van der Waals surface area contributed by atoms with Crippen molar-refractivity contribution in [2.24, 2.45) is 0 Å². The number of fused-ring (bicyclic) bond motifs is 1. The monoisotopic (exact) mass is 271 g/mol. The molecule has 0 fully saturated rings. The van der Waals surface area contributed by atoms with Crippen LogP contribution in [0.1, 0.15) is 10.4 Å². The topological polar surface area (TPSA) is 49.9 Å². The Hall–Kier alpha value is -0.940. The molecular formula is C9H6BrNO2S. The van der Waals surface area contributed by atoms with Gasteiger partial charge in [0.1, 0.15) is 0 Å². The fourth-order valence-corrected chi connectivity index (χ4v) is 2.34. The number of H-pyrrole nitrogens is 1. The maximum Gasteiger partial charge on any atom is 0.305 e. The zero-order valence-electron chi connectivity index (χ0n) is 7.04. The summed E-state index contributed by atoms with van der Waals surface area (Å²) in [5.41, 5.74) is 1.21. The van der Waals surface area contributed by atoms with Gasteiger partial charge in [-0.05, 0) is 12.1 Å². The van der Waals surface area contributed by atoms with Gasteiger partial charge in [0.2, 0.25) is 0 Å². The number of halogens is 1. The van der Waals surface area contributed by atoms with Crippen molar-refractivity contribution < 1.29 is 4.79 Å². The van der Waals surface area contributed by atoms with Gasteiger partial charge >= 0.3 is 4.87 Å². The number of rotatable bonds is 2. The predicted molar refractivity (Wildman–Crippen MR) is 60.6 cm³/mol. The maximum absolute atomic E-state index is 11.5. The molecule has 14 heavy (non-hydrogen) atoms. The fraction of sp³-hybridized carbons (Fsp3) is 0.111. The minimum absolute atomic E-state index is 0.0235. The molecule has 1 N–H and O–H groups in total. The van der Waals surface area contributed by atoms with Gasteiger partial charge in [0.25, 0.3) is 0 Å². The SMILES string of the molecule is O=C(CBr)c1cccc2sc(=O)[nH]c12. The molecule has 0 aliphatic carbocycles. The average molecular weight is 272 g/mol. The second kappa shape index (κ2) is 3.67. The first-order chi connectivity index (χ1) is 6.72.